The Morgan fingerprint density at radius 1 is 1.31 bits per heavy atom. The highest BCUT2D eigenvalue weighted by atomic mass is 16.5. The van der Waals surface area contributed by atoms with Crippen LogP contribution in [0, 0.1) is 5.21 Å². The van der Waals surface area contributed by atoms with Gasteiger partial charge >= 0.3 is 0 Å². The van der Waals surface area contributed by atoms with Gasteiger partial charge in [0.1, 0.15) is 0 Å². The fourth-order valence-corrected chi connectivity index (χ4v) is 1.63. The molecule has 4 nitrogen and oxygen atoms in total. The average Bonchev–Trinajstić information content (AvgIpc) is 2.20. The number of nitrogens with zero attached hydrogens (tertiary/aromatic N) is 2. The largest absolute Gasteiger partial charge is 0.758 e. The standard InChI is InChI=1S/C9H14N3O/c13-12-5-1-9(2-6-12)11-7-3-10-4-8-11/h1-2,5,10H,3-4,6-8H2/q-1. The Morgan fingerprint density at radius 2 is 2.08 bits per heavy atom. The van der Waals surface area contributed by atoms with E-state index in [1.54, 1.807) is 6.20 Å². The summed E-state index contributed by atoms with van der Waals surface area (Å²) in [6.45, 7) is 4.62. The summed E-state index contributed by atoms with van der Waals surface area (Å²) in [6.07, 6.45) is 5.47. The summed E-state index contributed by atoms with van der Waals surface area (Å²) in [5.41, 5.74) is 1.19. The lowest BCUT2D eigenvalue weighted by molar-refractivity contribution is 0.303. The van der Waals surface area contributed by atoms with Crippen molar-refractivity contribution in [1.29, 1.82) is 0 Å². The molecule has 0 aromatic carbocycles. The second-order valence-corrected chi connectivity index (χ2v) is 3.28. The van der Waals surface area contributed by atoms with E-state index in [0.717, 1.165) is 31.2 Å². The minimum absolute atomic E-state index is 0.482. The lowest BCUT2D eigenvalue weighted by atomic mass is 10.2. The molecule has 1 fully saturated rings. The second-order valence-electron chi connectivity index (χ2n) is 3.28. The van der Waals surface area contributed by atoms with Crippen LogP contribution in [-0.4, -0.2) is 42.7 Å². The molecular formula is C9H14N3O-. The number of hydrogen-bond acceptors (Lipinski definition) is 4. The first-order valence-corrected chi connectivity index (χ1v) is 4.64. The van der Waals surface area contributed by atoms with E-state index in [1.807, 2.05) is 12.2 Å². The van der Waals surface area contributed by atoms with Crippen molar-refractivity contribution in [2.75, 3.05) is 32.7 Å². The van der Waals surface area contributed by atoms with Crippen molar-refractivity contribution in [3.8, 4) is 0 Å². The van der Waals surface area contributed by atoms with Gasteiger partial charge in [0.05, 0.1) is 0 Å². The van der Waals surface area contributed by atoms with Crippen molar-refractivity contribution < 1.29 is 0 Å². The van der Waals surface area contributed by atoms with Gasteiger partial charge in [-0.2, -0.15) is 0 Å². The third-order valence-corrected chi connectivity index (χ3v) is 2.37. The maximum Gasteiger partial charge on any atom is 0.0358 e. The summed E-state index contributed by atoms with van der Waals surface area (Å²) in [6, 6.07) is 0. The number of hydroxylamine groups is 2. The normalized spacial score (nSPS) is 23.3. The molecule has 0 amide bonds. The van der Waals surface area contributed by atoms with Crippen LogP contribution < -0.4 is 5.32 Å². The van der Waals surface area contributed by atoms with Gasteiger partial charge in [0.15, 0.2) is 0 Å². The molecule has 0 aliphatic carbocycles. The number of hydrogen-bond donors (Lipinski definition) is 1. The number of rotatable bonds is 1. The number of allylic oxidation sites excluding steroid dienone is 1. The van der Waals surface area contributed by atoms with Crippen LogP contribution >= 0.6 is 0 Å². The van der Waals surface area contributed by atoms with E-state index in [0.29, 0.717) is 6.54 Å². The van der Waals surface area contributed by atoms with E-state index in [9.17, 15) is 5.21 Å². The summed E-state index contributed by atoms with van der Waals surface area (Å²) < 4.78 is 0. The Bertz CT molecular complexity index is 231. The van der Waals surface area contributed by atoms with Crippen LogP contribution in [0.3, 0.4) is 0 Å². The van der Waals surface area contributed by atoms with Crippen LogP contribution in [0.25, 0.3) is 0 Å². The molecule has 1 N–H and O–H groups in total. The number of nitrogens with one attached hydrogen (secondary N) is 1. The van der Waals surface area contributed by atoms with E-state index >= 15 is 0 Å². The van der Waals surface area contributed by atoms with Gasteiger partial charge in [-0.25, -0.2) is 0 Å². The Kier molecular flexibility index (Phi) is 2.52. The lowest BCUT2D eigenvalue weighted by Crippen LogP contribution is -2.43. The fraction of sp³-hybridized carbons (Fsp3) is 0.556. The van der Waals surface area contributed by atoms with Gasteiger partial charge in [0.2, 0.25) is 0 Å². The third-order valence-electron chi connectivity index (χ3n) is 2.37. The maximum atomic E-state index is 10.8. The molecule has 0 saturated carbocycles. The highest BCUT2D eigenvalue weighted by Crippen LogP contribution is 2.11. The van der Waals surface area contributed by atoms with Crippen LogP contribution in [0.1, 0.15) is 0 Å². The molecule has 13 heavy (non-hydrogen) atoms. The van der Waals surface area contributed by atoms with Gasteiger partial charge in [0.25, 0.3) is 0 Å². The van der Waals surface area contributed by atoms with Crippen LogP contribution in [0.15, 0.2) is 24.0 Å². The Labute approximate surface area is 78.1 Å². The average molecular weight is 180 g/mol. The Balaban J connectivity index is 1.96. The lowest BCUT2D eigenvalue weighted by Gasteiger charge is -2.34. The summed E-state index contributed by atoms with van der Waals surface area (Å²) in [7, 11) is 0. The SMILES string of the molecule is [O-]N1C=CC(N2CCNCC2)=CC1. The van der Waals surface area contributed by atoms with Crippen molar-refractivity contribution in [2.24, 2.45) is 0 Å². The molecule has 1 saturated heterocycles. The molecule has 2 aliphatic heterocycles. The first-order valence-electron chi connectivity index (χ1n) is 4.64. The first-order chi connectivity index (χ1) is 6.36. The van der Waals surface area contributed by atoms with E-state index in [1.165, 1.54) is 5.70 Å². The van der Waals surface area contributed by atoms with Gasteiger partial charge in [-0.3, -0.25) is 0 Å². The first kappa shape index (κ1) is 8.59. The van der Waals surface area contributed by atoms with Crippen LogP contribution in [0.2, 0.25) is 0 Å². The minimum Gasteiger partial charge on any atom is -0.758 e. The molecule has 0 radical (unpaired) electrons. The summed E-state index contributed by atoms with van der Waals surface area (Å²) >= 11 is 0. The topological polar surface area (TPSA) is 41.6 Å². The molecule has 4 heteroatoms. The van der Waals surface area contributed by atoms with Crippen molar-refractivity contribution in [3.63, 3.8) is 0 Å². The Hall–Kier alpha value is -1.00. The molecule has 0 aromatic heterocycles. The minimum atomic E-state index is 0.482. The van der Waals surface area contributed by atoms with Gasteiger partial charge in [-0.1, -0.05) is 0 Å². The zero-order chi connectivity index (χ0) is 9.10. The van der Waals surface area contributed by atoms with Crippen LogP contribution in [0.5, 0.6) is 0 Å². The van der Waals surface area contributed by atoms with Gasteiger partial charge in [0, 0.05) is 38.4 Å². The Morgan fingerprint density at radius 3 is 2.69 bits per heavy atom. The van der Waals surface area contributed by atoms with Crippen molar-refractivity contribution in [2.45, 2.75) is 0 Å². The van der Waals surface area contributed by atoms with E-state index in [4.69, 9.17) is 0 Å². The van der Waals surface area contributed by atoms with E-state index in [-0.39, 0.29) is 0 Å². The van der Waals surface area contributed by atoms with E-state index in [2.05, 4.69) is 10.2 Å². The summed E-state index contributed by atoms with van der Waals surface area (Å²) in [4.78, 5) is 2.31. The molecule has 0 bridgehead atoms. The second kappa shape index (κ2) is 3.81. The quantitative estimate of drug-likeness (QED) is 0.621. The zero-order valence-electron chi connectivity index (χ0n) is 7.57. The molecular weight excluding hydrogens is 166 g/mol. The third kappa shape index (κ3) is 2.02. The maximum absolute atomic E-state index is 10.8. The monoisotopic (exact) mass is 180 g/mol. The summed E-state index contributed by atoms with van der Waals surface area (Å²) in [5, 5.41) is 15.1. The predicted octanol–water partition coefficient (Wildman–Crippen LogP) is 0.103. The molecule has 0 atom stereocenters. The number of piperazine rings is 1. The molecule has 2 heterocycles. The highest BCUT2D eigenvalue weighted by molar-refractivity contribution is 5.22. The zero-order valence-corrected chi connectivity index (χ0v) is 7.57. The van der Waals surface area contributed by atoms with Gasteiger partial charge in [-0.15, -0.1) is 0 Å². The molecule has 0 unspecified atom stereocenters. The van der Waals surface area contributed by atoms with Gasteiger partial charge < -0.3 is 20.5 Å². The van der Waals surface area contributed by atoms with E-state index < -0.39 is 0 Å². The van der Waals surface area contributed by atoms with Crippen molar-refractivity contribution in [3.05, 3.63) is 29.3 Å². The van der Waals surface area contributed by atoms with Gasteiger partial charge in [-0.05, 0) is 18.4 Å². The predicted molar refractivity (Wildman–Crippen MR) is 51.7 cm³/mol. The van der Waals surface area contributed by atoms with Crippen LogP contribution in [0.4, 0.5) is 0 Å². The molecule has 0 aromatic rings. The molecule has 2 aliphatic rings. The van der Waals surface area contributed by atoms with Crippen molar-refractivity contribution in [1.82, 2.24) is 15.3 Å². The smallest absolute Gasteiger partial charge is 0.0358 e. The summed E-state index contributed by atoms with van der Waals surface area (Å²) in [5.74, 6) is 0. The highest BCUT2D eigenvalue weighted by Gasteiger charge is 2.11. The van der Waals surface area contributed by atoms with Crippen molar-refractivity contribution >= 4 is 0 Å². The fourth-order valence-electron chi connectivity index (χ4n) is 1.63. The van der Waals surface area contributed by atoms with Crippen LogP contribution in [-0.2, 0) is 0 Å². The molecule has 0 spiro atoms. The molecule has 2 rings (SSSR count). The molecule has 72 valence electrons.